The van der Waals surface area contributed by atoms with Gasteiger partial charge in [0.1, 0.15) is 0 Å². The molecule has 4 nitrogen and oxygen atoms in total. The lowest BCUT2D eigenvalue weighted by Gasteiger charge is -2.12. The number of aryl methyl sites for hydroxylation is 1. The van der Waals surface area contributed by atoms with Crippen LogP contribution in [0.15, 0.2) is 30.5 Å². The van der Waals surface area contributed by atoms with Crippen LogP contribution in [-0.4, -0.2) is 12.1 Å². The Morgan fingerprint density at radius 1 is 1.42 bits per heavy atom. The summed E-state index contributed by atoms with van der Waals surface area (Å²) in [6.45, 7) is 2.50. The van der Waals surface area contributed by atoms with Gasteiger partial charge >= 0.3 is 0 Å². The number of aromatic nitrogens is 1. The van der Waals surface area contributed by atoms with E-state index in [1.807, 2.05) is 19.1 Å². The van der Waals surface area contributed by atoms with E-state index in [9.17, 15) is 4.39 Å². The summed E-state index contributed by atoms with van der Waals surface area (Å²) < 4.78 is 18.3. The molecule has 0 radical (unpaired) electrons. The lowest BCUT2D eigenvalue weighted by molar-refractivity contribution is 0.387. The highest BCUT2D eigenvalue weighted by atomic mass is 19.1. The number of pyridine rings is 1. The minimum Gasteiger partial charge on any atom is -0.494 e. The first kappa shape index (κ1) is 13.1. The number of hydrogen-bond donors (Lipinski definition) is 2. The van der Waals surface area contributed by atoms with E-state index in [2.05, 4.69) is 10.3 Å². The second-order valence-corrected chi connectivity index (χ2v) is 4.19. The number of nitrogen functional groups attached to an aromatic ring is 1. The molecule has 1 aromatic heterocycles. The van der Waals surface area contributed by atoms with Gasteiger partial charge in [-0.1, -0.05) is 6.07 Å². The number of benzene rings is 1. The van der Waals surface area contributed by atoms with Crippen LogP contribution in [0.4, 0.5) is 15.8 Å². The van der Waals surface area contributed by atoms with Crippen LogP contribution in [0.3, 0.4) is 0 Å². The maximum absolute atomic E-state index is 13.4. The monoisotopic (exact) mass is 261 g/mol. The summed E-state index contributed by atoms with van der Waals surface area (Å²) in [6.07, 6.45) is 1.73. The number of nitrogens with zero attached hydrogens (tertiary/aromatic N) is 1. The lowest BCUT2D eigenvalue weighted by Crippen LogP contribution is -2.06. The van der Waals surface area contributed by atoms with E-state index in [-0.39, 0.29) is 5.75 Å². The van der Waals surface area contributed by atoms with Crippen molar-refractivity contribution in [3.05, 3.63) is 47.5 Å². The molecule has 19 heavy (non-hydrogen) atoms. The predicted molar refractivity (Wildman–Crippen MR) is 73.7 cm³/mol. The standard InChI is InChI=1S/C14H16FN3O/c1-9-4-3-5-17-13(9)8-18-12-7-14(19-2)10(15)6-11(12)16/h3-7,18H,8,16H2,1-2H3. The Hall–Kier alpha value is -2.30. The van der Waals surface area contributed by atoms with Crippen LogP contribution < -0.4 is 15.8 Å². The van der Waals surface area contributed by atoms with Crippen molar-refractivity contribution in [2.75, 3.05) is 18.2 Å². The van der Waals surface area contributed by atoms with E-state index >= 15 is 0 Å². The number of nitrogens with one attached hydrogen (secondary N) is 1. The Bertz CT molecular complexity index is 587. The molecule has 2 aromatic rings. The van der Waals surface area contributed by atoms with E-state index < -0.39 is 5.82 Å². The lowest BCUT2D eigenvalue weighted by atomic mass is 10.2. The molecule has 0 aliphatic rings. The van der Waals surface area contributed by atoms with Crippen molar-refractivity contribution in [1.82, 2.24) is 4.98 Å². The Morgan fingerprint density at radius 2 is 2.21 bits per heavy atom. The van der Waals surface area contributed by atoms with Gasteiger partial charge in [0, 0.05) is 18.3 Å². The second kappa shape index (κ2) is 5.56. The average Bonchev–Trinajstić information content (AvgIpc) is 2.39. The third kappa shape index (κ3) is 2.93. The molecule has 2 rings (SSSR count). The molecule has 0 aliphatic carbocycles. The maximum atomic E-state index is 13.4. The smallest absolute Gasteiger partial charge is 0.167 e. The molecule has 1 aromatic carbocycles. The minimum atomic E-state index is -0.473. The Balaban J connectivity index is 2.18. The molecule has 0 fully saturated rings. The van der Waals surface area contributed by atoms with Crippen LogP contribution in [-0.2, 0) is 6.54 Å². The molecular formula is C14H16FN3O. The number of methoxy groups -OCH3 is 1. The molecule has 100 valence electrons. The van der Waals surface area contributed by atoms with Crippen LogP contribution in [0.5, 0.6) is 5.75 Å². The van der Waals surface area contributed by atoms with Gasteiger partial charge in [-0.3, -0.25) is 4.98 Å². The van der Waals surface area contributed by atoms with E-state index in [4.69, 9.17) is 10.5 Å². The first-order valence-electron chi connectivity index (χ1n) is 5.89. The molecule has 0 aliphatic heterocycles. The molecule has 0 amide bonds. The van der Waals surface area contributed by atoms with Crippen molar-refractivity contribution >= 4 is 11.4 Å². The van der Waals surface area contributed by atoms with Crippen LogP contribution in [0.25, 0.3) is 0 Å². The summed E-state index contributed by atoms with van der Waals surface area (Å²) >= 11 is 0. The first-order chi connectivity index (χ1) is 9.11. The summed E-state index contributed by atoms with van der Waals surface area (Å²) in [5, 5.41) is 3.14. The molecule has 3 N–H and O–H groups in total. The third-order valence-corrected chi connectivity index (χ3v) is 2.89. The number of rotatable bonds is 4. The average molecular weight is 261 g/mol. The van der Waals surface area contributed by atoms with Crippen LogP contribution in [0.1, 0.15) is 11.3 Å². The van der Waals surface area contributed by atoms with Crippen LogP contribution >= 0.6 is 0 Å². The highest BCUT2D eigenvalue weighted by Gasteiger charge is 2.08. The number of hydrogen-bond acceptors (Lipinski definition) is 4. The molecule has 0 unspecified atom stereocenters. The fourth-order valence-corrected chi connectivity index (χ4v) is 1.76. The Morgan fingerprint density at radius 3 is 2.89 bits per heavy atom. The van der Waals surface area contributed by atoms with Gasteiger partial charge in [-0.25, -0.2) is 4.39 Å². The van der Waals surface area contributed by atoms with Gasteiger partial charge in [0.15, 0.2) is 11.6 Å². The molecule has 0 saturated heterocycles. The van der Waals surface area contributed by atoms with Crippen molar-refractivity contribution in [3.63, 3.8) is 0 Å². The van der Waals surface area contributed by atoms with E-state index in [1.165, 1.54) is 13.2 Å². The molecule has 0 bridgehead atoms. The van der Waals surface area contributed by atoms with Crippen molar-refractivity contribution in [2.45, 2.75) is 13.5 Å². The van der Waals surface area contributed by atoms with E-state index in [0.29, 0.717) is 17.9 Å². The SMILES string of the molecule is COc1cc(NCc2ncccc2C)c(N)cc1F. The highest BCUT2D eigenvalue weighted by molar-refractivity contribution is 5.68. The Labute approximate surface area is 111 Å². The molecular weight excluding hydrogens is 245 g/mol. The zero-order valence-corrected chi connectivity index (χ0v) is 10.9. The summed E-state index contributed by atoms with van der Waals surface area (Å²) in [7, 11) is 1.42. The molecule has 0 spiro atoms. The van der Waals surface area contributed by atoms with Crippen molar-refractivity contribution in [3.8, 4) is 5.75 Å². The highest BCUT2D eigenvalue weighted by Crippen LogP contribution is 2.28. The Kier molecular flexibility index (Phi) is 3.85. The van der Waals surface area contributed by atoms with Gasteiger partial charge in [-0.2, -0.15) is 0 Å². The summed E-state index contributed by atoms with van der Waals surface area (Å²) in [6, 6.07) is 6.65. The van der Waals surface area contributed by atoms with Crippen molar-refractivity contribution in [1.29, 1.82) is 0 Å². The first-order valence-corrected chi connectivity index (χ1v) is 5.89. The predicted octanol–water partition coefficient (Wildman–Crippen LogP) is 2.73. The summed E-state index contributed by atoms with van der Waals surface area (Å²) in [5.41, 5.74) is 8.74. The van der Waals surface area contributed by atoms with Gasteiger partial charge in [-0.15, -0.1) is 0 Å². The van der Waals surface area contributed by atoms with Gasteiger partial charge in [-0.05, 0) is 18.6 Å². The quantitative estimate of drug-likeness (QED) is 0.831. The van der Waals surface area contributed by atoms with E-state index in [0.717, 1.165) is 11.3 Å². The summed E-state index contributed by atoms with van der Waals surface area (Å²) in [4.78, 5) is 4.27. The zero-order chi connectivity index (χ0) is 13.8. The molecule has 0 saturated carbocycles. The molecule has 5 heteroatoms. The number of nitrogens with two attached hydrogens (primary N) is 1. The normalized spacial score (nSPS) is 10.3. The molecule has 0 atom stereocenters. The number of anilines is 2. The maximum Gasteiger partial charge on any atom is 0.167 e. The summed E-state index contributed by atoms with van der Waals surface area (Å²) in [5.74, 6) is -0.311. The molecule has 1 heterocycles. The van der Waals surface area contributed by atoms with Gasteiger partial charge in [0.25, 0.3) is 0 Å². The largest absolute Gasteiger partial charge is 0.494 e. The van der Waals surface area contributed by atoms with Crippen LogP contribution in [0.2, 0.25) is 0 Å². The fraction of sp³-hybridized carbons (Fsp3) is 0.214. The van der Waals surface area contributed by atoms with Gasteiger partial charge < -0.3 is 15.8 Å². The van der Waals surface area contributed by atoms with Crippen LogP contribution in [0, 0.1) is 12.7 Å². The second-order valence-electron chi connectivity index (χ2n) is 4.19. The van der Waals surface area contributed by atoms with Gasteiger partial charge in [0.05, 0.1) is 30.7 Å². The topological polar surface area (TPSA) is 60.2 Å². The van der Waals surface area contributed by atoms with E-state index in [1.54, 1.807) is 12.3 Å². The minimum absolute atomic E-state index is 0.162. The van der Waals surface area contributed by atoms with Crippen molar-refractivity contribution < 1.29 is 9.13 Å². The third-order valence-electron chi connectivity index (χ3n) is 2.89. The number of halogens is 1. The zero-order valence-electron chi connectivity index (χ0n) is 10.9. The number of ether oxygens (including phenoxy) is 1. The van der Waals surface area contributed by atoms with Crippen molar-refractivity contribution in [2.24, 2.45) is 0 Å². The van der Waals surface area contributed by atoms with Gasteiger partial charge in [0.2, 0.25) is 0 Å². The fourth-order valence-electron chi connectivity index (χ4n) is 1.76.